The molecule has 0 heterocycles. The maximum Gasteiger partial charge on any atom is 0.228 e. The van der Waals surface area contributed by atoms with Crippen molar-refractivity contribution in [1.82, 2.24) is 0 Å². The summed E-state index contributed by atoms with van der Waals surface area (Å²) >= 11 is 0. The molecule has 6 heteroatoms. The predicted molar refractivity (Wildman–Crippen MR) is 91.1 cm³/mol. The van der Waals surface area contributed by atoms with E-state index in [1.807, 2.05) is 32.0 Å². The van der Waals surface area contributed by atoms with Gasteiger partial charge < -0.3 is 10.6 Å². The van der Waals surface area contributed by atoms with E-state index in [2.05, 4.69) is 10.6 Å². The van der Waals surface area contributed by atoms with Crippen LogP contribution in [0.2, 0.25) is 0 Å². The second-order valence-corrected chi connectivity index (χ2v) is 6.43. The lowest BCUT2D eigenvalue weighted by atomic mass is 10.1. The zero-order valence-corrected chi connectivity index (χ0v) is 13.9. The Morgan fingerprint density at radius 3 is 2.12 bits per heavy atom. The molecule has 2 unspecified atom stereocenters. The first kappa shape index (κ1) is 17.1. The first-order valence-electron chi connectivity index (χ1n) is 7.98. The van der Waals surface area contributed by atoms with Crippen LogP contribution in [0.1, 0.15) is 17.5 Å². The van der Waals surface area contributed by atoms with Crippen molar-refractivity contribution in [3.05, 3.63) is 59.2 Å². The van der Waals surface area contributed by atoms with Gasteiger partial charge in [0, 0.05) is 11.8 Å². The van der Waals surface area contributed by atoms with Crippen molar-refractivity contribution < 1.29 is 18.4 Å². The predicted octanol–water partition coefficient (Wildman–Crippen LogP) is 3.79. The van der Waals surface area contributed by atoms with Gasteiger partial charge in [-0.25, -0.2) is 8.78 Å². The van der Waals surface area contributed by atoms with E-state index in [1.165, 1.54) is 0 Å². The molecule has 2 aromatic carbocycles. The summed E-state index contributed by atoms with van der Waals surface area (Å²) in [6, 6.07) is 8.64. The molecule has 1 aliphatic rings. The Balaban J connectivity index is 1.59. The lowest BCUT2D eigenvalue weighted by Crippen LogP contribution is -2.21. The molecular weight excluding hydrogens is 326 g/mol. The van der Waals surface area contributed by atoms with Crippen molar-refractivity contribution in [2.24, 2.45) is 11.8 Å². The van der Waals surface area contributed by atoms with Crippen LogP contribution in [-0.4, -0.2) is 11.8 Å². The maximum atomic E-state index is 13.6. The van der Waals surface area contributed by atoms with Crippen molar-refractivity contribution in [3.8, 4) is 0 Å². The van der Waals surface area contributed by atoms with Crippen LogP contribution in [0.4, 0.5) is 20.2 Å². The van der Waals surface area contributed by atoms with Gasteiger partial charge in [-0.15, -0.1) is 0 Å². The van der Waals surface area contributed by atoms with Crippen LogP contribution in [0.3, 0.4) is 0 Å². The number of hydrogen-bond acceptors (Lipinski definition) is 2. The van der Waals surface area contributed by atoms with Crippen LogP contribution >= 0.6 is 0 Å². The van der Waals surface area contributed by atoms with Gasteiger partial charge in [-0.05, 0) is 55.7 Å². The molecule has 25 heavy (non-hydrogen) atoms. The van der Waals surface area contributed by atoms with Crippen LogP contribution in [0.25, 0.3) is 0 Å². The molecule has 0 bridgehead atoms. The molecule has 2 N–H and O–H groups in total. The number of halogens is 2. The molecular formula is C19H18F2N2O2. The molecule has 0 aliphatic heterocycles. The van der Waals surface area contributed by atoms with E-state index in [4.69, 9.17) is 0 Å². The van der Waals surface area contributed by atoms with E-state index in [1.54, 1.807) is 0 Å². The number of carbonyl (C=O) groups is 2. The van der Waals surface area contributed by atoms with E-state index < -0.39 is 29.4 Å². The monoisotopic (exact) mass is 344 g/mol. The Labute approximate surface area is 144 Å². The minimum Gasteiger partial charge on any atom is -0.326 e. The highest BCUT2D eigenvalue weighted by molar-refractivity contribution is 6.03. The fourth-order valence-electron chi connectivity index (χ4n) is 2.87. The smallest absolute Gasteiger partial charge is 0.228 e. The van der Waals surface area contributed by atoms with Gasteiger partial charge in [0.1, 0.15) is 11.6 Å². The Morgan fingerprint density at radius 2 is 1.52 bits per heavy atom. The molecule has 0 aromatic heterocycles. The van der Waals surface area contributed by atoms with Crippen molar-refractivity contribution in [2.45, 2.75) is 20.3 Å². The van der Waals surface area contributed by atoms with Gasteiger partial charge in [-0.1, -0.05) is 6.07 Å². The van der Waals surface area contributed by atoms with Crippen molar-refractivity contribution in [2.75, 3.05) is 10.6 Å². The minimum atomic E-state index is -0.842. The highest BCUT2D eigenvalue weighted by atomic mass is 19.1. The summed E-state index contributed by atoms with van der Waals surface area (Å²) < 4.78 is 26.5. The average Bonchev–Trinajstić information content (AvgIpc) is 3.29. The SMILES string of the molecule is Cc1cc(C)cc(NC(=O)C2CC2C(=O)Nc2ccc(F)cc2F)c1. The highest BCUT2D eigenvalue weighted by Gasteiger charge is 2.48. The molecule has 130 valence electrons. The number of carbonyl (C=O) groups excluding carboxylic acids is 2. The number of rotatable bonds is 4. The standard InChI is InChI=1S/C19H18F2N2O2/c1-10-5-11(2)7-13(6-10)22-18(24)14-9-15(14)19(25)23-17-4-3-12(20)8-16(17)21/h3-8,14-15H,9H2,1-2H3,(H,22,24)(H,23,25). The topological polar surface area (TPSA) is 58.2 Å². The molecule has 4 nitrogen and oxygen atoms in total. The first-order chi connectivity index (χ1) is 11.8. The van der Waals surface area contributed by atoms with Crippen molar-refractivity contribution in [3.63, 3.8) is 0 Å². The van der Waals surface area contributed by atoms with Crippen LogP contribution in [0.15, 0.2) is 36.4 Å². The summed E-state index contributed by atoms with van der Waals surface area (Å²) in [7, 11) is 0. The van der Waals surface area contributed by atoms with Gasteiger partial charge in [0.2, 0.25) is 11.8 Å². The molecule has 1 fully saturated rings. The van der Waals surface area contributed by atoms with Gasteiger partial charge in [0.05, 0.1) is 17.5 Å². The van der Waals surface area contributed by atoms with E-state index in [9.17, 15) is 18.4 Å². The van der Waals surface area contributed by atoms with Crippen LogP contribution in [0.5, 0.6) is 0 Å². The van der Waals surface area contributed by atoms with E-state index in [0.29, 0.717) is 18.2 Å². The zero-order valence-electron chi connectivity index (χ0n) is 13.9. The molecule has 2 amide bonds. The molecule has 2 aromatic rings. The first-order valence-corrected chi connectivity index (χ1v) is 7.98. The Bertz CT molecular complexity index is 831. The van der Waals surface area contributed by atoms with Gasteiger partial charge >= 0.3 is 0 Å². The molecule has 0 spiro atoms. The molecule has 1 aliphatic carbocycles. The van der Waals surface area contributed by atoms with Gasteiger partial charge in [-0.2, -0.15) is 0 Å². The fourth-order valence-corrected chi connectivity index (χ4v) is 2.87. The minimum absolute atomic E-state index is 0.0910. The second kappa shape index (κ2) is 6.63. The summed E-state index contributed by atoms with van der Waals surface area (Å²) in [5.41, 5.74) is 2.67. The lowest BCUT2D eigenvalue weighted by Gasteiger charge is -2.08. The molecule has 1 saturated carbocycles. The van der Waals surface area contributed by atoms with Gasteiger partial charge in [0.15, 0.2) is 0 Å². The van der Waals surface area contributed by atoms with Gasteiger partial charge in [0.25, 0.3) is 0 Å². The third-order valence-electron chi connectivity index (χ3n) is 4.14. The van der Waals surface area contributed by atoms with E-state index >= 15 is 0 Å². The van der Waals surface area contributed by atoms with Crippen LogP contribution in [0, 0.1) is 37.3 Å². The summed E-state index contributed by atoms with van der Waals surface area (Å²) in [4.78, 5) is 24.4. The molecule has 2 atom stereocenters. The van der Waals surface area contributed by atoms with Gasteiger partial charge in [-0.3, -0.25) is 9.59 Å². The third kappa shape index (κ3) is 4.02. The fraction of sp³-hybridized carbons (Fsp3) is 0.263. The molecule has 3 rings (SSSR count). The number of nitrogens with one attached hydrogen (secondary N) is 2. The quantitative estimate of drug-likeness (QED) is 0.886. The number of aryl methyl sites for hydroxylation is 2. The summed E-state index contributed by atoms with van der Waals surface area (Å²) in [6.45, 7) is 3.88. The Kier molecular flexibility index (Phi) is 4.53. The third-order valence-corrected chi connectivity index (χ3v) is 4.14. The Morgan fingerprint density at radius 1 is 0.920 bits per heavy atom. The van der Waals surface area contributed by atoms with Crippen molar-refractivity contribution >= 4 is 23.2 Å². The number of hydrogen-bond donors (Lipinski definition) is 2. The molecule has 0 radical (unpaired) electrons. The lowest BCUT2D eigenvalue weighted by molar-refractivity contribution is -0.122. The van der Waals surface area contributed by atoms with E-state index in [-0.39, 0.29) is 11.6 Å². The highest BCUT2D eigenvalue weighted by Crippen LogP contribution is 2.40. The summed E-state index contributed by atoms with van der Waals surface area (Å²) in [5, 5.41) is 5.22. The number of anilines is 2. The zero-order chi connectivity index (χ0) is 18.1. The number of benzene rings is 2. The largest absolute Gasteiger partial charge is 0.326 e. The second-order valence-electron chi connectivity index (χ2n) is 6.43. The van der Waals surface area contributed by atoms with Crippen LogP contribution in [-0.2, 0) is 9.59 Å². The summed E-state index contributed by atoms with van der Waals surface area (Å²) in [5.74, 6) is -3.17. The molecule has 0 saturated heterocycles. The van der Waals surface area contributed by atoms with E-state index in [0.717, 1.165) is 23.3 Å². The average molecular weight is 344 g/mol. The Hall–Kier alpha value is -2.76. The number of amides is 2. The maximum absolute atomic E-state index is 13.6. The van der Waals surface area contributed by atoms with Crippen LogP contribution < -0.4 is 10.6 Å². The van der Waals surface area contributed by atoms with Crippen molar-refractivity contribution in [1.29, 1.82) is 0 Å². The normalized spacial score (nSPS) is 18.6. The summed E-state index contributed by atoms with van der Waals surface area (Å²) in [6.07, 6.45) is 0.408.